The molecular weight excluding hydrogens is 389 g/mol. The molecule has 136 valence electrons. The fourth-order valence-corrected chi connectivity index (χ4v) is 3.19. The van der Waals surface area contributed by atoms with Crippen molar-refractivity contribution in [3.63, 3.8) is 0 Å². The topological polar surface area (TPSA) is 59.3 Å². The van der Waals surface area contributed by atoms with Crippen molar-refractivity contribution in [3.05, 3.63) is 53.2 Å². The summed E-state index contributed by atoms with van der Waals surface area (Å²) in [5.74, 6) is -0.0505. The Morgan fingerprint density at radius 3 is 2.81 bits per heavy atom. The molecule has 10 heteroatoms. The number of hydrogen-bond donors (Lipinski definition) is 1. The summed E-state index contributed by atoms with van der Waals surface area (Å²) in [6.07, 6.45) is -2.62. The number of anilines is 1. The second-order valence-electron chi connectivity index (χ2n) is 5.25. The van der Waals surface area contributed by atoms with Crippen molar-refractivity contribution >= 4 is 40.6 Å². The molecule has 0 spiro atoms. The molecule has 2 aromatic heterocycles. The number of amides is 1. The van der Waals surface area contributed by atoms with E-state index in [9.17, 15) is 18.0 Å². The third-order valence-corrected chi connectivity index (χ3v) is 4.68. The third-order valence-electron chi connectivity index (χ3n) is 3.41. The van der Waals surface area contributed by atoms with Crippen molar-refractivity contribution in [1.82, 2.24) is 14.6 Å². The van der Waals surface area contributed by atoms with Crippen LogP contribution in [0.15, 0.2) is 47.8 Å². The Labute approximate surface area is 155 Å². The molecule has 0 saturated heterocycles. The monoisotopic (exact) mass is 400 g/mol. The van der Waals surface area contributed by atoms with Gasteiger partial charge in [0, 0.05) is 18.4 Å². The molecule has 0 aliphatic heterocycles. The van der Waals surface area contributed by atoms with Crippen LogP contribution in [0.2, 0.25) is 5.02 Å². The molecule has 0 bridgehead atoms. The molecule has 0 fully saturated rings. The predicted molar refractivity (Wildman–Crippen MR) is 93.4 cm³/mol. The van der Waals surface area contributed by atoms with E-state index < -0.39 is 17.6 Å². The number of thioether (sulfide) groups is 1. The fraction of sp³-hybridized carbons (Fsp3) is 0.188. The Bertz CT molecular complexity index is 945. The van der Waals surface area contributed by atoms with Crippen LogP contribution in [0, 0.1) is 0 Å². The molecule has 0 unspecified atom stereocenters. The summed E-state index contributed by atoms with van der Waals surface area (Å²) in [6, 6.07) is 8.27. The minimum absolute atomic E-state index is 0.0439. The molecule has 3 rings (SSSR count). The summed E-state index contributed by atoms with van der Waals surface area (Å²) < 4.78 is 40.0. The van der Waals surface area contributed by atoms with Crippen LogP contribution in [0.1, 0.15) is 12.0 Å². The van der Waals surface area contributed by atoms with Crippen LogP contribution in [0.5, 0.6) is 0 Å². The van der Waals surface area contributed by atoms with E-state index >= 15 is 0 Å². The first-order chi connectivity index (χ1) is 12.3. The molecule has 0 saturated carbocycles. The number of nitrogens with zero attached hydrogens (tertiary/aromatic N) is 3. The zero-order valence-corrected chi connectivity index (χ0v) is 14.7. The number of fused-ring (bicyclic) bond motifs is 1. The van der Waals surface area contributed by atoms with Gasteiger partial charge in [-0.25, -0.2) is 0 Å². The first-order valence-electron chi connectivity index (χ1n) is 7.44. The first-order valence-corrected chi connectivity index (χ1v) is 8.80. The molecule has 3 aromatic rings. The third kappa shape index (κ3) is 4.28. The molecule has 5 nitrogen and oxygen atoms in total. The Kier molecular flexibility index (Phi) is 5.38. The lowest BCUT2D eigenvalue weighted by Gasteiger charge is -2.11. The normalized spacial score (nSPS) is 11.7. The molecule has 1 N–H and O–H groups in total. The maximum atomic E-state index is 12.8. The van der Waals surface area contributed by atoms with E-state index in [2.05, 4.69) is 15.5 Å². The van der Waals surface area contributed by atoms with Crippen LogP contribution >= 0.6 is 23.4 Å². The SMILES string of the molecule is O=C(CCSc1nnc2ccccn12)Nc1cc(C(F)(F)F)ccc1Cl. The van der Waals surface area contributed by atoms with Crippen LogP contribution in [0.25, 0.3) is 5.65 Å². The van der Waals surface area contributed by atoms with Gasteiger partial charge in [-0.1, -0.05) is 29.4 Å². The second kappa shape index (κ2) is 7.55. The maximum absolute atomic E-state index is 12.8. The average molecular weight is 401 g/mol. The Balaban J connectivity index is 1.59. The summed E-state index contributed by atoms with van der Waals surface area (Å²) >= 11 is 7.18. The van der Waals surface area contributed by atoms with Crippen LogP contribution in [0.3, 0.4) is 0 Å². The van der Waals surface area contributed by atoms with E-state index in [4.69, 9.17) is 11.6 Å². The average Bonchev–Trinajstić information content (AvgIpc) is 2.99. The van der Waals surface area contributed by atoms with Crippen molar-refractivity contribution in [2.24, 2.45) is 0 Å². The molecule has 1 aromatic carbocycles. The summed E-state index contributed by atoms with van der Waals surface area (Å²) in [7, 11) is 0. The fourth-order valence-electron chi connectivity index (χ4n) is 2.16. The number of carbonyl (C=O) groups excluding carboxylic acids is 1. The van der Waals surface area contributed by atoms with E-state index in [0.29, 0.717) is 16.6 Å². The number of rotatable bonds is 5. The molecule has 26 heavy (non-hydrogen) atoms. The Morgan fingerprint density at radius 1 is 1.23 bits per heavy atom. The van der Waals surface area contributed by atoms with Gasteiger partial charge in [0.05, 0.1) is 16.3 Å². The van der Waals surface area contributed by atoms with Gasteiger partial charge in [0.15, 0.2) is 10.8 Å². The summed E-state index contributed by atoms with van der Waals surface area (Å²) in [5, 5.41) is 11.1. The lowest BCUT2D eigenvalue weighted by atomic mass is 10.2. The minimum atomic E-state index is -4.51. The number of alkyl halides is 3. The van der Waals surface area contributed by atoms with Gasteiger partial charge in [-0.05, 0) is 30.3 Å². The van der Waals surface area contributed by atoms with E-state index in [1.165, 1.54) is 11.8 Å². The first kappa shape index (κ1) is 18.5. The number of pyridine rings is 1. The highest BCUT2D eigenvalue weighted by molar-refractivity contribution is 7.99. The summed E-state index contributed by atoms with van der Waals surface area (Å²) in [4.78, 5) is 12.0. The van der Waals surface area contributed by atoms with Crippen molar-refractivity contribution in [3.8, 4) is 0 Å². The number of halogens is 4. The van der Waals surface area contributed by atoms with Gasteiger partial charge < -0.3 is 5.32 Å². The van der Waals surface area contributed by atoms with E-state index in [-0.39, 0.29) is 17.1 Å². The minimum Gasteiger partial charge on any atom is -0.325 e. The van der Waals surface area contributed by atoms with Crippen LogP contribution in [0.4, 0.5) is 18.9 Å². The number of nitrogens with one attached hydrogen (secondary N) is 1. The molecule has 1 amide bonds. The largest absolute Gasteiger partial charge is 0.416 e. The standard InChI is InChI=1S/C16H12ClF3N4OS/c17-11-5-4-10(16(18,19)20)9-12(11)21-14(25)6-8-26-15-23-22-13-3-1-2-7-24(13)15/h1-5,7,9H,6,8H2,(H,21,25). The predicted octanol–water partition coefficient (Wildman–Crippen LogP) is 4.52. The van der Waals surface area contributed by atoms with Gasteiger partial charge in [-0.15, -0.1) is 10.2 Å². The summed E-state index contributed by atoms with van der Waals surface area (Å²) in [6.45, 7) is 0. The van der Waals surface area contributed by atoms with E-state index in [1.54, 1.807) is 16.7 Å². The molecule has 0 atom stereocenters. The smallest absolute Gasteiger partial charge is 0.325 e. The van der Waals surface area contributed by atoms with E-state index in [1.807, 2.05) is 12.1 Å². The number of benzene rings is 1. The van der Waals surface area contributed by atoms with E-state index in [0.717, 1.165) is 18.2 Å². The summed E-state index contributed by atoms with van der Waals surface area (Å²) in [5.41, 5.74) is -0.249. The Morgan fingerprint density at radius 2 is 2.04 bits per heavy atom. The highest BCUT2D eigenvalue weighted by atomic mass is 35.5. The highest BCUT2D eigenvalue weighted by Gasteiger charge is 2.31. The van der Waals surface area contributed by atoms with Gasteiger partial charge in [0.2, 0.25) is 5.91 Å². The lowest BCUT2D eigenvalue weighted by molar-refractivity contribution is -0.137. The number of carbonyl (C=O) groups is 1. The maximum Gasteiger partial charge on any atom is 0.416 e. The van der Waals surface area contributed by atoms with Gasteiger partial charge >= 0.3 is 6.18 Å². The van der Waals surface area contributed by atoms with Crippen molar-refractivity contribution in [2.75, 3.05) is 11.1 Å². The number of aromatic nitrogens is 3. The lowest BCUT2D eigenvalue weighted by Crippen LogP contribution is -2.14. The van der Waals surface area contributed by atoms with Crippen molar-refractivity contribution < 1.29 is 18.0 Å². The van der Waals surface area contributed by atoms with Gasteiger partial charge in [-0.3, -0.25) is 9.20 Å². The molecule has 0 aliphatic rings. The van der Waals surface area contributed by atoms with Gasteiger partial charge in [-0.2, -0.15) is 13.2 Å². The zero-order valence-electron chi connectivity index (χ0n) is 13.1. The number of hydrogen-bond acceptors (Lipinski definition) is 4. The quantitative estimate of drug-likeness (QED) is 0.639. The second-order valence-corrected chi connectivity index (χ2v) is 6.72. The van der Waals surface area contributed by atoms with Crippen molar-refractivity contribution in [2.45, 2.75) is 17.8 Å². The van der Waals surface area contributed by atoms with Gasteiger partial charge in [0.1, 0.15) is 0 Å². The Hall–Kier alpha value is -2.26. The molecule has 0 aliphatic carbocycles. The van der Waals surface area contributed by atoms with Crippen LogP contribution < -0.4 is 5.32 Å². The molecular formula is C16H12ClF3N4OS. The molecule has 0 radical (unpaired) electrons. The van der Waals surface area contributed by atoms with Gasteiger partial charge in [0.25, 0.3) is 0 Å². The molecule has 2 heterocycles. The van der Waals surface area contributed by atoms with Crippen LogP contribution in [-0.2, 0) is 11.0 Å². The zero-order chi connectivity index (χ0) is 18.7. The highest BCUT2D eigenvalue weighted by Crippen LogP contribution is 2.33. The van der Waals surface area contributed by atoms with Crippen molar-refractivity contribution in [1.29, 1.82) is 0 Å². The van der Waals surface area contributed by atoms with Crippen LogP contribution in [-0.4, -0.2) is 26.3 Å².